The molecule has 188 valence electrons. The van der Waals surface area contributed by atoms with Gasteiger partial charge in [-0.2, -0.15) is 0 Å². The Morgan fingerprint density at radius 1 is 0.676 bits per heavy atom. The zero-order valence-electron chi connectivity index (χ0n) is 23.0. The maximum Gasteiger partial charge on any atom is 0.0457 e. The highest BCUT2D eigenvalue weighted by molar-refractivity contribution is 5.86. The van der Waals surface area contributed by atoms with Crippen molar-refractivity contribution in [2.75, 3.05) is 4.90 Å². The summed E-state index contributed by atoms with van der Waals surface area (Å²) in [6, 6.07) is 34.0. The van der Waals surface area contributed by atoms with Crippen molar-refractivity contribution in [3.63, 3.8) is 0 Å². The van der Waals surface area contributed by atoms with Crippen LogP contribution in [0.5, 0.6) is 0 Å². The molecule has 4 aromatic rings. The van der Waals surface area contributed by atoms with Gasteiger partial charge < -0.3 is 4.90 Å². The monoisotopic (exact) mass is 485 g/mol. The maximum absolute atomic E-state index is 2.60. The molecule has 6 rings (SSSR count). The summed E-state index contributed by atoms with van der Waals surface area (Å²) in [6.45, 7) is 11.9. The lowest BCUT2D eigenvalue weighted by Gasteiger charge is -2.40. The Bertz CT molecular complexity index is 1410. The van der Waals surface area contributed by atoms with Crippen molar-refractivity contribution in [1.29, 1.82) is 0 Å². The number of hydrogen-bond acceptors (Lipinski definition) is 1. The quantitative estimate of drug-likeness (QED) is 0.278. The third-order valence-electron chi connectivity index (χ3n) is 8.67. The molecule has 4 aromatic carbocycles. The fraction of sp³-hybridized carbons (Fsp3) is 0.333. The molecular weight excluding hydrogens is 446 g/mol. The molecule has 1 nitrogen and oxygen atoms in total. The molecule has 0 aromatic heterocycles. The summed E-state index contributed by atoms with van der Waals surface area (Å²) < 4.78 is 0. The number of benzene rings is 4. The van der Waals surface area contributed by atoms with E-state index in [9.17, 15) is 0 Å². The van der Waals surface area contributed by atoms with Crippen LogP contribution in [0, 0.1) is 0 Å². The van der Waals surface area contributed by atoms with Crippen LogP contribution in [0.4, 0.5) is 11.4 Å². The van der Waals surface area contributed by atoms with E-state index in [2.05, 4.69) is 131 Å². The molecule has 0 saturated heterocycles. The van der Waals surface area contributed by atoms with Gasteiger partial charge in [-0.1, -0.05) is 99.5 Å². The molecule has 0 aliphatic heterocycles. The minimum absolute atomic E-state index is 0.0295. The van der Waals surface area contributed by atoms with Gasteiger partial charge in [-0.15, -0.1) is 0 Å². The van der Waals surface area contributed by atoms with Crippen LogP contribution < -0.4 is 4.90 Å². The van der Waals surface area contributed by atoms with E-state index in [-0.39, 0.29) is 11.0 Å². The van der Waals surface area contributed by atoms with Crippen LogP contribution in [0.1, 0.15) is 82.9 Å². The van der Waals surface area contributed by atoms with Gasteiger partial charge in [0.05, 0.1) is 0 Å². The second-order valence-electron chi connectivity index (χ2n) is 12.5. The Hall–Kier alpha value is -3.32. The van der Waals surface area contributed by atoms with Gasteiger partial charge in [0.25, 0.3) is 0 Å². The Balaban J connectivity index is 1.54. The minimum Gasteiger partial charge on any atom is -0.336 e. The highest BCUT2D eigenvalue weighted by Gasteiger charge is 2.38. The van der Waals surface area contributed by atoms with Crippen LogP contribution in [-0.2, 0) is 5.41 Å². The van der Waals surface area contributed by atoms with Crippen molar-refractivity contribution in [1.82, 2.24) is 0 Å². The van der Waals surface area contributed by atoms with Gasteiger partial charge in [-0.3, -0.25) is 0 Å². The van der Waals surface area contributed by atoms with E-state index in [0.29, 0.717) is 5.92 Å². The lowest BCUT2D eigenvalue weighted by atomic mass is 9.80. The van der Waals surface area contributed by atoms with Crippen LogP contribution in [-0.4, -0.2) is 5.54 Å². The molecule has 0 heterocycles. The lowest BCUT2D eigenvalue weighted by molar-refractivity contribution is 0.555. The van der Waals surface area contributed by atoms with Crippen molar-refractivity contribution in [3.8, 4) is 22.3 Å². The third-order valence-corrected chi connectivity index (χ3v) is 8.67. The zero-order chi connectivity index (χ0) is 25.8. The molecule has 0 atom stereocenters. The molecule has 1 fully saturated rings. The number of nitrogens with zero attached hydrogens (tertiary/aromatic N) is 1. The minimum atomic E-state index is -0.0660. The average molecular weight is 486 g/mol. The predicted octanol–water partition coefficient (Wildman–Crippen LogP) is 10.3. The Morgan fingerprint density at radius 2 is 1.30 bits per heavy atom. The highest BCUT2D eigenvalue weighted by Crippen LogP contribution is 2.53. The average Bonchev–Trinajstić information content (AvgIpc) is 3.50. The number of hydrogen-bond donors (Lipinski definition) is 0. The Kier molecular flexibility index (Phi) is 5.79. The zero-order valence-corrected chi connectivity index (χ0v) is 23.0. The summed E-state index contributed by atoms with van der Waals surface area (Å²) >= 11 is 0. The molecule has 37 heavy (non-hydrogen) atoms. The Labute approximate surface area is 223 Å². The van der Waals surface area contributed by atoms with Gasteiger partial charge in [0.2, 0.25) is 0 Å². The van der Waals surface area contributed by atoms with E-state index in [1.54, 1.807) is 5.56 Å². The smallest absolute Gasteiger partial charge is 0.0457 e. The molecule has 0 unspecified atom stereocenters. The van der Waals surface area contributed by atoms with E-state index in [4.69, 9.17) is 0 Å². The first kappa shape index (κ1) is 24.0. The van der Waals surface area contributed by atoms with Crippen LogP contribution in [0.2, 0.25) is 0 Å². The van der Waals surface area contributed by atoms with E-state index in [1.807, 2.05) is 0 Å². The van der Waals surface area contributed by atoms with Crippen molar-refractivity contribution in [3.05, 3.63) is 108 Å². The summed E-state index contributed by atoms with van der Waals surface area (Å²) in [5, 5.41) is 0. The molecule has 0 spiro atoms. The van der Waals surface area contributed by atoms with Gasteiger partial charge in [-0.25, -0.2) is 0 Å². The van der Waals surface area contributed by atoms with E-state index < -0.39 is 0 Å². The van der Waals surface area contributed by atoms with E-state index >= 15 is 0 Å². The van der Waals surface area contributed by atoms with E-state index in [0.717, 1.165) is 0 Å². The van der Waals surface area contributed by atoms with Crippen molar-refractivity contribution >= 4 is 11.4 Å². The van der Waals surface area contributed by atoms with Gasteiger partial charge in [0.1, 0.15) is 0 Å². The van der Waals surface area contributed by atoms with Crippen LogP contribution in [0.25, 0.3) is 22.3 Å². The van der Waals surface area contributed by atoms with Crippen LogP contribution in [0.3, 0.4) is 0 Å². The number of anilines is 2. The maximum atomic E-state index is 2.60. The summed E-state index contributed by atoms with van der Waals surface area (Å²) in [7, 11) is 0. The van der Waals surface area contributed by atoms with Crippen molar-refractivity contribution in [2.24, 2.45) is 0 Å². The van der Waals surface area contributed by atoms with Crippen LogP contribution >= 0.6 is 0 Å². The first-order valence-electron chi connectivity index (χ1n) is 14.0. The number of fused-ring (bicyclic) bond motifs is 3. The first-order valence-corrected chi connectivity index (χ1v) is 14.0. The second-order valence-corrected chi connectivity index (χ2v) is 12.5. The number of rotatable bonds is 4. The van der Waals surface area contributed by atoms with Crippen molar-refractivity contribution in [2.45, 2.75) is 77.2 Å². The van der Waals surface area contributed by atoms with Gasteiger partial charge in [-0.05, 0) is 96.7 Å². The highest BCUT2D eigenvalue weighted by atomic mass is 15.2. The molecule has 1 heteroatoms. The summed E-state index contributed by atoms with van der Waals surface area (Å²) in [4.78, 5) is 2.60. The summed E-state index contributed by atoms with van der Waals surface area (Å²) in [5.41, 5.74) is 12.4. The van der Waals surface area contributed by atoms with Crippen molar-refractivity contribution < 1.29 is 0 Å². The first-order chi connectivity index (χ1) is 17.7. The molecule has 0 radical (unpaired) electrons. The van der Waals surface area contributed by atoms with Gasteiger partial charge >= 0.3 is 0 Å². The normalized spacial score (nSPS) is 16.5. The van der Waals surface area contributed by atoms with Crippen LogP contribution in [0.15, 0.2) is 91.0 Å². The summed E-state index contributed by atoms with van der Waals surface area (Å²) in [6.07, 6.45) is 5.27. The topological polar surface area (TPSA) is 3.24 Å². The molecule has 0 amide bonds. The third kappa shape index (κ3) is 4.09. The van der Waals surface area contributed by atoms with Gasteiger partial charge in [0.15, 0.2) is 0 Å². The lowest BCUT2D eigenvalue weighted by Crippen LogP contribution is -2.38. The SMILES string of the molecule is CC1(C)c2ccccc2-c2cc(N(c3ccc(-c4ccccc4)cc3)C(C)(C)C)c(C3CCCC3)cc21. The predicted molar refractivity (Wildman–Crippen MR) is 159 cm³/mol. The van der Waals surface area contributed by atoms with Gasteiger partial charge in [0, 0.05) is 22.3 Å². The second kappa shape index (κ2) is 8.91. The molecular formula is C36H39N. The molecule has 0 N–H and O–H groups in total. The largest absolute Gasteiger partial charge is 0.336 e. The molecule has 1 saturated carbocycles. The Morgan fingerprint density at radius 3 is 1.97 bits per heavy atom. The standard InChI is InChI=1S/C36H39N/c1-35(2,3)37(28-21-19-26(20-22-28)25-13-7-6-8-14-25)34-24-31-29-17-11-12-18-32(29)36(4,5)33(31)23-30(34)27-15-9-10-16-27/h6-8,11-14,17-24,27H,9-10,15-16H2,1-5H3. The fourth-order valence-corrected chi connectivity index (χ4v) is 6.83. The molecule has 2 aliphatic rings. The fourth-order valence-electron chi connectivity index (χ4n) is 6.83. The molecule has 0 bridgehead atoms. The molecule has 2 aliphatic carbocycles. The van der Waals surface area contributed by atoms with E-state index in [1.165, 1.54) is 70.4 Å². The summed E-state index contributed by atoms with van der Waals surface area (Å²) in [5.74, 6) is 0.633.